The standard InChI is InChI=1S/C15H21N3O2S/c1-5-18-13(4)15(10-16-18)12(3)17-21(19,20)14-8-6-11(2)7-9-14/h6-10,12,17H,5H2,1-4H3/t12-/m1/s1. The molecule has 0 radical (unpaired) electrons. The SMILES string of the molecule is CCn1ncc([C@@H](C)NS(=O)(=O)c2ccc(C)cc2)c1C. The predicted molar refractivity (Wildman–Crippen MR) is 82.6 cm³/mol. The van der Waals surface area contributed by atoms with Gasteiger partial charge in [0.2, 0.25) is 10.0 Å². The molecule has 0 aliphatic heterocycles. The van der Waals surface area contributed by atoms with E-state index in [1.54, 1.807) is 30.5 Å². The maximum atomic E-state index is 12.4. The first-order valence-electron chi connectivity index (χ1n) is 6.96. The highest BCUT2D eigenvalue weighted by molar-refractivity contribution is 7.89. The molecule has 6 heteroatoms. The second kappa shape index (κ2) is 5.99. The van der Waals surface area contributed by atoms with Crippen LogP contribution in [0.3, 0.4) is 0 Å². The maximum Gasteiger partial charge on any atom is 0.241 e. The van der Waals surface area contributed by atoms with E-state index in [9.17, 15) is 8.42 Å². The van der Waals surface area contributed by atoms with Gasteiger partial charge in [-0.3, -0.25) is 4.68 Å². The third kappa shape index (κ3) is 3.33. The molecule has 1 N–H and O–H groups in total. The van der Waals surface area contributed by atoms with Crippen LogP contribution in [0.5, 0.6) is 0 Å². The molecular weight excluding hydrogens is 286 g/mol. The number of benzene rings is 1. The Hall–Kier alpha value is -1.66. The Kier molecular flexibility index (Phi) is 4.49. The average molecular weight is 307 g/mol. The lowest BCUT2D eigenvalue weighted by Crippen LogP contribution is -2.27. The first kappa shape index (κ1) is 15.7. The van der Waals surface area contributed by atoms with E-state index in [4.69, 9.17) is 0 Å². The number of hydrogen-bond acceptors (Lipinski definition) is 3. The van der Waals surface area contributed by atoms with E-state index in [2.05, 4.69) is 9.82 Å². The molecule has 2 rings (SSSR count). The Morgan fingerprint density at radius 3 is 2.38 bits per heavy atom. The average Bonchev–Trinajstić information content (AvgIpc) is 2.80. The fourth-order valence-electron chi connectivity index (χ4n) is 2.29. The summed E-state index contributed by atoms with van der Waals surface area (Å²) in [5.41, 5.74) is 2.91. The normalized spacial score (nSPS) is 13.3. The Labute approximate surface area is 126 Å². The zero-order valence-electron chi connectivity index (χ0n) is 12.8. The number of sulfonamides is 1. The van der Waals surface area contributed by atoms with Gasteiger partial charge in [-0.15, -0.1) is 0 Å². The van der Waals surface area contributed by atoms with Crippen molar-refractivity contribution in [3.05, 3.63) is 47.3 Å². The minimum Gasteiger partial charge on any atom is -0.270 e. The Morgan fingerprint density at radius 1 is 1.24 bits per heavy atom. The highest BCUT2D eigenvalue weighted by atomic mass is 32.2. The highest BCUT2D eigenvalue weighted by Crippen LogP contribution is 2.20. The van der Waals surface area contributed by atoms with Crippen LogP contribution in [0.4, 0.5) is 0 Å². The minimum absolute atomic E-state index is 0.278. The molecular formula is C15H21N3O2S. The molecule has 0 spiro atoms. The summed E-state index contributed by atoms with van der Waals surface area (Å²) in [6.07, 6.45) is 1.72. The summed E-state index contributed by atoms with van der Waals surface area (Å²) >= 11 is 0. The van der Waals surface area contributed by atoms with Crippen molar-refractivity contribution >= 4 is 10.0 Å². The topological polar surface area (TPSA) is 64.0 Å². The summed E-state index contributed by atoms with van der Waals surface area (Å²) in [6.45, 7) is 8.47. The van der Waals surface area contributed by atoms with Crippen LogP contribution in [-0.4, -0.2) is 18.2 Å². The molecule has 1 aromatic carbocycles. The van der Waals surface area contributed by atoms with E-state index < -0.39 is 10.0 Å². The van der Waals surface area contributed by atoms with Gasteiger partial charge in [0.15, 0.2) is 0 Å². The van der Waals surface area contributed by atoms with Gasteiger partial charge < -0.3 is 0 Å². The lowest BCUT2D eigenvalue weighted by Gasteiger charge is -2.14. The summed E-state index contributed by atoms with van der Waals surface area (Å²) in [5, 5.41) is 4.25. The van der Waals surface area contributed by atoms with Gasteiger partial charge in [0.1, 0.15) is 0 Å². The molecule has 0 unspecified atom stereocenters. The molecule has 1 atom stereocenters. The highest BCUT2D eigenvalue weighted by Gasteiger charge is 2.20. The first-order valence-corrected chi connectivity index (χ1v) is 8.44. The number of rotatable bonds is 5. The summed E-state index contributed by atoms with van der Waals surface area (Å²) in [7, 11) is -3.53. The third-order valence-electron chi connectivity index (χ3n) is 3.57. The van der Waals surface area contributed by atoms with Crippen molar-refractivity contribution in [3.63, 3.8) is 0 Å². The summed E-state index contributed by atoms with van der Waals surface area (Å²) < 4.78 is 29.3. The molecule has 0 aliphatic rings. The van der Waals surface area contributed by atoms with Crippen molar-refractivity contribution in [2.75, 3.05) is 0 Å². The molecule has 0 fully saturated rings. The zero-order chi connectivity index (χ0) is 15.6. The summed E-state index contributed by atoms with van der Waals surface area (Å²) in [4.78, 5) is 0.278. The molecule has 0 aliphatic carbocycles. The minimum atomic E-state index is -3.53. The fraction of sp³-hybridized carbons (Fsp3) is 0.400. The van der Waals surface area contributed by atoms with E-state index in [0.717, 1.165) is 23.4 Å². The molecule has 0 saturated heterocycles. The molecule has 1 aromatic heterocycles. The second-order valence-electron chi connectivity index (χ2n) is 5.16. The maximum absolute atomic E-state index is 12.4. The molecule has 21 heavy (non-hydrogen) atoms. The van der Waals surface area contributed by atoms with Crippen LogP contribution in [0.1, 0.15) is 36.7 Å². The van der Waals surface area contributed by atoms with Crippen LogP contribution < -0.4 is 4.72 Å². The first-order chi connectivity index (χ1) is 9.85. The van der Waals surface area contributed by atoms with E-state index in [1.165, 1.54) is 0 Å². The van der Waals surface area contributed by atoms with E-state index in [1.807, 2.05) is 32.4 Å². The van der Waals surface area contributed by atoms with Crippen LogP contribution in [0.2, 0.25) is 0 Å². The van der Waals surface area contributed by atoms with Crippen LogP contribution in [0.25, 0.3) is 0 Å². The number of nitrogens with zero attached hydrogens (tertiary/aromatic N) is 2. The Morgan fingerprint density at radius 2 is 1.86 bits per heavy atom. The van der Waals surface area contributed by atoms with Crippen molar-refractivity contribution in [2.45, 2.75) is 45.2 Å². The summed E-state index contributed by atoms with van der Waals surface area (Å²) in [5.74, 6) is 0. The Bertz CT molecular complexity index is 718. The van der Waals surface area contributed by atoms with Gasteiger partial charge in [-0.1, -0.05) is 17.7 Å². The largest absolute Gasteiger partial charge is 0.270 e. The van der Waals surface area contributed by atoms with Crippen LogP contribution in [-0.2, 0) is 16.6 Å². The van der Waals surface area contributed by atoms with Crippen LogP contribution in [0.15, 0.2) is 35.4 Å². The fourth-order valence-corrected chi connectivity index (χ4v) is 3.51. The van der Waals surface area contributed by atoms with Gasteiger partial charge in [-0.2, -0.15) is 5.10 Å². The van der Waals surface area contributed by atoms with E-state index in [0.29, 0.717) is 0 Å². The van der Waals surface area contributed by atoms with E-state index in [-0.39, 0.29) is 10.9 Å². The van der Waals surface area contributed by atoms with E-state index >= 15 is 0 Å². The number of aromatic nitrogens is 2. The number of hydrogen-bond donors (Lipinski definition) is 1. The molecule has 2 aromatic rings. The van der Waals surface area contributed by atoms with Crippen molar-refractivity contribution < 1.29 is 8.42 Å². The molecule has 0 amide bonds. The number of aryl methyl sites for hydroxylation is 2. The number of nitrogens with one attached hydrogen (secondary N) is 1. The lowest BCUT2D eigenvalue weighted by molar-refractivity contribution is 0.565. The zero-order valence-corrected chi connectivity index (χ0v) is 13.6. The van der Waals surface area contributed by atoms with Gasteiger partial charge in [-0.25, -0.2) is 13.1 Å². The predicted octanol–water partition coefficient (Wildman–Crippen LogP) is 2.56. The molecule has 114 valence electrons. The third-order valence-corrected chi connectivity index (χ3v) is 5.13. The lowest BCUT2D eigenvalue weighted by atomic mass is 10.1. The second-order valence-corrected chi connectivity index (χ2v) is 6.87. The van der Waals surface area contributed by atoms with Crippen molar-refractivity contribution in [3.8, 4) is 0 Å². The van der Waals surface area contributed by atoms with Gasteiger partial charge >= 0.3 is 0 Å². The van der Waals surface area contributed by atoms with Crippen molar-refractivity contribution in [1.29, 1.82) is 0 Å². The molecule has 0 saturated carbocycles. The van der Waals surface area contributed by atoms with Crippen molar-refractivity contribution in [1.82, 2.24) is 14.5 Å². The Balaban J connectivity index is 2.23. The van der Waals surface area contributed by atoms with Gasteiger partial charge in [0, 0.05) is 23.8 Å². The summed E-state index contributed by atoms with van der Waals surface area (Å²) in [6, 6.07) is 6.50. The van der Waals surface area contributed by atoms with Crippen LogP contribution >= 0.6 is 0 Å². The monoisotopic (exact) mass is 307 g/mol. The van der Waals surface area contributed by atoms with Crippen LogP contribution in [0, 0.1) is 13.8 Å². The van der Waals surface area contributed by atoms with Gasteiger partial charge in [0.05, 0.1) is 11.1 Å². The molecule has 5 nitrogen and oxygen atoms in total. The van der Waals surface area contributed by atoms with Crippen molar-refractivity contribution in [2.24, 2.45) is 0 Å². The van der Waals surface area contributed by atoms with Gasteiger partial charge in [-0.05, 0) is 39.8 Å². The molecule has 0 bridgehead atoms. The molecule has 1 heterocycles. The quantitative estimate of drug-likeness (QED) is 0.923. The van der Waals surface area contributed by atoms with Gasteiger partial charge in [0.25, 0.3) is 0 Å². The smallest absolute Gasteiger partial charge is 0.241 e.